The maximum absolute atomic E-state index is 11.6. The van der Waals surface area contributed by atoms with Crippen molar-refractivity contribution in [1.82, 2.24) is 4.98 Å². The predicted molar refractivity (Wildman–Crippen MR) is 134 cm³/mol. The fourth-order valence-corrected chi connectivity index (χ4v) is 5.57. The van der Waals surface area contributed by atoms with Crippen LogP contribution >= 0.6 is 11.8 Å². The molecule has 0 amide bonds. The molecule has 1 aliphatic heterocycles. The van der Waals surface area contributed by atoms with Crippen molar-refractivity contribution >= 4 is 39.4 Å². The fraction of sp³-hybridized carbons (Fsp3) is 0.385. The second-order valence-electron chi connectivity index (χ2n) is 8.70. The van der Waals surface area contributed by atoms with E-state index in [0.29, 0.717) is 19.1 Å². The average Bonchev–Trinajstić information content (AvgIpc) is 3.59. The van der Waals surface area contributed by atoms with Crippen molar-refractivity contribution in [3.05, 3.63) is 59.8 Å². The van der Waals surface area contributed by atoms with Crippen LogP contribution in [0.15, 0.2) is 53.5 Å². The van der Waals surface area contributed by atoms with Crippen molar-refractivity contribution in [2.24, 2.45) is 4.99 Å². The number of carbonyl (C=O) groups is 1. The molecule has 1 aliphatic carbocycles. The maximum atomic E-state index is 11.6. The number of methoxy groups -OCH3 is 1. The minimum atomic E-state index is -0.214. The number of anilines is 1. The van der Waals surface area contributed by atoms with Crippen molar-refractivity contribution < 1.29 is 14.3 Å². The quantitative estimate of drug-likeness (QED) is 0.430. The van der Waals surface area contributed by atoms with E-state index >= 15 is 0 Å². The number of para-hydroxylation sites is 1. The summed E-state index contributed by atoms with van der Waals surface area (Å²) in [5, 5.41) is 5.87. The van der Waals surface area contributed by atoms with E-state index in [9.17, 15) is 4.79 Å². The molecule has 0 radical (unpaired) electrons. The third kappa shape index (κ3) is 5.19. The van der Waals surface area contributed by atoms with E-state index in [0.717, 1.165) is 44.4 Å². The van der Waals surface area contributed by atoms with E-state index in [1.807, 2.05) is 30.3 Å². The van der Waals surface area contributed by atoms with Gasteiger partial charge < -0.3 is 19.8 Å². The lowest BCUT2D eigenvalue weighted by Crippen LogP contribution is -2.15. The Morgan fingerprint density at radius 1 is 1.18 bits per heavy atom. The van der Waals surface area contributed by atoms with Crippen molar-refractivity contribution in [1.29, 1.82) is 0 Å². The summed E-state index contributed by atoms with van der Waals surface area (Å²) >= 11 is 1.69. The van der Waals surface area contributed by atoms with Crippen LogP contribution in [0.2, 0.25) is 0 Å². The number of nitrogens with zero attached hydrogens (tertiary/aromatic N) is 1. The normalized spacial score (nSPS) is 18.5. The Hall–Kier alpha value is -2.93. The molecule has 2 aromatic carbocycles. The smallest absolute Gasteiger partial charge is 0.307 e. The number of esters is 1. The van der Waals surface area contributed by atoms with E-state index in [1.165, 1.54) is 32.8 Å². The number of aromatic amines is 1. The van der Waals surface area contributed by atoms with Crippen LogP contribution in [0.3, 0.4) is 0 Å². The van der Waals surface area contributed by atoms with E-state index < -0.39 is 0 Å². The van der Waals surface area contributed by atoms with Crippen molar-refractivity contribution in [2.75, 3.05) is 18.2 Å². The highest BCUT2D eigenvalue weighted by Gasteiger charge is 2.24. The Morgan fingerprint density at radius 2 is 2.00 bits per heavy atom. The first-order valence-corrected chi connectivity index (χ1v) is 12.5. The zero-order chi connectivity index (χ0) is 22.6. The number of ether oxygens (including phenoxy) is 2. The molecular weight excluding hydrogens is 434 g/mol. The van der Waals surface area contributed by atoms with Gasteiger partial charge in [0.15, 0.2) is 0 Å². The molecular formula is C26H29N3O3S. The molecule has 1 aromatic heterocycles. The van der Waals surface area contributed by atoms with Crippen LogP contribution in [0.5, 0.6) is 5.75 Å². The molecule has 2 aliphatic rings. The van der Waals surface area contributed by atoms with Crippen LogP contribution < -0.4 is 10.1 Å². The van der Waals surface area contributed by atoms with Gasteiger partial charge in [0.25, 0.3) is 0 Å². The number of aromatic nitrogens is 1. The van der Waals surface area contributed by atoms with E-state index in [-0.39, 0.29) is 12.0 Å². The molecule has 1 saturated carbocycles. The molecule has 172 valence electrons. The number of benzene rings is 2. The standard InChI is InChI=1S/C26H29N3O3S/c1-31-24(30)14-20-16-33-26(28-20)23-13-18-11-17(15-32-21-9-3-2-4-10-21)12-22(25(18)29-23)27-19-7-5-6-8-19/h2-4,9-13,19-20,27,29H,5-8,14-16H2,1H3. The van der Waals surface area contributed by atoms with Gasteiger partial charge >= 0.3 is 5.97 Å². The number of rotatable bonds is 8. The van der Waals surface area contributed by atoms with Crippen LogP contribution in [-0.4, -0.2) is 40.9 Å². The van der Waals surface area contributed by atoms with Gasteiger partial charge in [-0.25, -0.2) is 0 Å². The molecule has 5 rings (SSSR count). The van der Waals surface area contributed by atoms with Crippen LogP contribution in [0.25, 0.3) is 10.9 Å². The molecule has 1 unspecified atom stereocenters. The Bertz CT molecular complexity index is 1150. The van der Waals surface area contributed by atoms with Gasteiger partial charge in [-0.15, -0.1) is 11.8 Å². The third-order valence-electron chi connectivity index (χ3n) is 6.22. The Balaban J connectivity index is 1.42. The first kappa shape index (κ1) is 21.9. The highest BCUT2D eigenvalue weighted by atomic mass is 32.2. The molecule has 2 heterocycles. The number of H-pyrrole nitrogens is 1. The summed E-state index contributed by atoms with van der Waals surface area (Å²) in [6.45, 7) is 0.511. The molecule has 1 atom stereocenters. The van der Waals surface area contributed by atoms with Crippen LogP contribution in [0.1, 0.15) is 43.4 Å². The summed E-state index contributed by atoms with van der Waals surface area (Å²) in [6.07, 6.45) is 5.29. The summed E-state index contributed by atoms with van der Waals surface area (Å²) < 4.78 is 10.8. The van der Waals surface area contributed by atoms with Crippen molar-refractivity contribution in [2.45, 2.75) is 50.8 Å². The number of carbonyl (C=O) groups excluding carboxylic acids is 1. The summed E-state index contributed by atoms with van der Waals surface area (Å²) in [5.74, 6) is 1.45. The zero-order valence-electron chi connectivity index (χ0n) is 18.8. The van der Waals surface area contributed by atoms with Crippen molar-refractivity contribution in [3.63, 3.8) is 0 Å². The van der Waals surface area contributed by atoms with Crippen LogP contribution in [0, 0.1) is 0 Å². The number of hydrogen-bond donors (Lipinski definition) is 2. The van der Waals surface area contributed by atoms with Gasteiger partial charge in [0.2, 0.25) is 0 Å². The number of nitrogens with one attached hydrogen (secondary N) is 2. The first-order chi connectivity index (χ1) is 16.2. The summed E-state index contributed by atoms with van der Waals surface area (Å²) in [4.78, 5) is 20.0. The molecule has 2 N–H and O–H groups in total. The van der Waals surface area contributed by atoms with Gasteiger partial charge in [-0.3, -0.25) is 9.79 Å². The van der Waals surface area contributed by atoms with Gasteiger partial charge in [0.1, 0.15) is 17.4 Å². The monoisotopic (exact) mass is 463 g/mol. The Labute approximate surface area is 198 Å². The number of fused-ring (bicyclic) bond motifs is 1. The Kier molecular flexibility index (Phi) is 6.58. The fourth-order valence-electron chi connectivity index (χ4n) is 4.54. The molecule has 0 spiro atoms. The largest absolute Gasteiger partial charge is 0.489 e. The number of aliphatic imine (C=N–C) groups is 1. The molecule has 0 bridgehead atoms. The van der Waals surface area contributed by atoms with E-state index in [4.69, 9.17) is 14.5 Å². The first-order valence-electron chi connectivity index (χ1n) is 11.6. The molecule has 1 fully saturated rings. The highest BCUT2D eigenvalue weighted by molar-refractivity contribution is 8.14. The molecule has 33 heavy (non-hydrogen) atoms. The third-order valence-corrected chi connectivity index (χ3v) is 7.37. The average molecular weight is 464 g/mol. The SMILES string of the molecule is COC(=O)CC1CSC(c2cc3cc(COc4ccccc4)cc(NC4CCCC4)c3[nH]2)=N1. The second-order valence-corrected chi connectivity index (χ2v) is 9.71. The van der Waals surface area contributed by atoms with Gasteiger partial charge in [0.05, 0.1) is 36.5 Å². The summed E-state index contributed by atoms with van der Waals surface area (Å²) in [5.41, 5.74) is 4.34. The lowest BCUT2D eigenvalue weighted by Gasteiger charge is -2.16. The topological polar surface area (TPSA) is 75.7 Å². The second kappa shape index (κ2) is 9.91. The minimum absolute atomic E-state index is 0.0326. The zero-order valence-corrected chi connectivity index (χ0v) is 19.6. The van der Waals surface area contributed by atoms with Crippen LogP contribution in [0.4, 0.5) is 5.69 Å². The summed E-state index contributed by atoms with van der Waals surface area (Å²) in [6, 6.07) is 16.9. The highest BCUT2D eigenvalue weighted by Crippen LogP contribution is 2.33. The molecule has 7 heteroatoms. The lowest BCUT2D eigenvalue weighted by atomic mass is 10.1. The van der Waals surface area contributed by atoms with Gasteiger partial charge in [0, 0.05) is 17.2 Å². The maximum Gasteiger partial charge on any atom is 0.307 e. The summed E-state index contributed by atoms with van der Waals surface area (Å²) in [7, 11) is 1.42. The van der Waals surface area contributed by atoms with E-state index in [2.05, 4.69) is 28.5 Å². The predicted octanol–water partition coefficient (Wildman–Crippen LogP) is 5.53. The lowest BCUT2D eigenvalue weighted by molar-refractivity contribution is -0.140. The molecule has 0 saturated heterocycles. The Morgan fingerprint density at radius 3 is 2.79 bits per heavy atom. The minimum Gasteiger partial charge on any atom is -0.489 e. The number of hydrogen-bond acceptors (Lipinski definition) is 6. The van der Waals surface area contributed by atoms with Gasteiger partial charge in [-0.2, -0.15) is 0 Å². The number of thioether (sulfide) groups is 1. The molecule has 3 aromatic rings. The van der Waals surface area contributed by atoms with E-state index in [1.54, 1.807) is 11.8 Å². The molecule has 6 nitrogen and oxygen atoms in total. The van der Waals surface area contributed by atoms with Crippen molar-refractivity contribution in [3.8, 4) is 5.75 Å². The van der Waals surface area contributed by atoms with Crippen LogP contribution in [-0.2, 0) is 16.1 Å². The van der Waals surface area contributed by atoms with Gasteiger partial charge in [-0.05, 0) is 48.7 Å². The van der Waals surface area contributed by atoms with Gasteiger partial charge in [-0.1, -0.05) is 31.0 Å².